The molecule has 0 aliphatic rings. The average molecular weight is 479 g/mol. The van der Waals surface area contributed by atoms with Crippen molar-refractivity contribution in [2.45, 2.75) is 17.9 Å². The summed E-state index contributed by atoms with van der Waals surface area (Å²) in [6.45, 7) is 1.96. The van der Waals surface area contributed by atoms with Gasteiger partial charge >= 0.3 is 0 Å². The summed E-state index contributed by atoms with van der Waals surface area (Å²) in [4.78, 5) is 24.9. The van der Waals surface area contributed by atoms with Crippen LogP contribution in [0.4, 0.5) is 11.5 Å². The van der Waals surface area contributed by atoms with Gasteiger partial charge in [0, 0.05) is 24.9 Å². The quantitative estimate of drug-likeness (QED) is 0.445. The van der Waals surface area contributed by atoms with Crippen LogP contribution in [0, 0.1) is 0 Å². The van der Waals surface area contributed by atoms with E-state index in [0.29, 0.717) is 16.9 Å². The fourth-order valence-corrected chi connectivity index (χ4v) is 3.98. The number of aromatic nitrogens is 3. The Morgan fingerprint density at radius 1 is 1.19 bits per heavy atom. The highest BCUT2D eigenvalue weighted by Gasteiger charge is 2.18. The summed E-state index contributed by atoms with van der Waals surface area (Å²) >= 11 is 0. The lowest BCUT2D eigenvalue weighted by Gasteiger charge is -2.13. The van der Waals surface area contributed by atoms with E-state index in [-0.39, 0.29) is 41.5 Å². The van der Waals surface area contributed by atoms with Crippen LogP contribution in [0.15, 0.2) is 59.9 Å². The molecule has 4 N–H and O–H groups in total. The third-order valence-corrected chi connectivity index (χ3v) is 5.77. The molecule has 170 valence electrons. The third-order valence-electron chi connectivity index (χ3n) is 4.17. The molecule has 0 fully saturated rings. The number of nitrogens with one attached hydrogen (secondary N) is 2. The molecule has 2 heterocycles. The number of methoxy groups -OCH3 is 1. The smallest absolute Gasteiger partial charge is 0.278 e. The minimum absolute atomic E-state index is 0. The molecule has 12 heteroatoms. The Balaban J connectivity index is 0.00000363. The van der Waals surface area contributed by atoms with Gasteiger partial charge < -0.3 is 15.8 Å². The van der Waals surface area contributed by atoms with Gasteiger partial charge in [0.2, 0.25) is 10.0 Å². The van der Waals surface area contributed by atoms with Crippen molar-refractivity contribution < 1.29 is 17.9 Å². The van der Waals surface area contributed by atoms with Gasteiger partial charge in [0.05, 0.1) is 35.3 Å². The maximum atomic E-state index is 12.5. The lowest BCUT2D eigenvalue weighted by molar-refractivity contribution is 0.102. The van der Waals surface area contributed by atoms with Crippen LogP contribution in [-0.4, -0.2) is 49.0 Å². The number of nitrogen functional groups attached to an aromatic ring is 1. The number of hydrogen-bond acceptors (Lipinski definition) is 8. The molecular formula is C20H23ClN6O4S. The standard InChI is InChI=1S/C20H22N6O4S.ClH/c1-13(12-30-2)26-31(28,29)16-7-5-14(6-8-16)17-11-23-19(21)18(25-17)20(27)24-15-4-3-9-22-10-15;/h3-11,13,26H,12H2,1-2H3,(H2,21,23)(H,24,27);1H/t13-;/m1./s1. The largest absolute Gasteiger partial charge is 0.383 e. The topological polar surface area (TPSA) is 149 Å². The number of nitrogens with two attached hydrogens (primary N) is 1. The van der Waals surface area contributed by atoms with Crippen LogP contribution >= 0.6 is 12.4 Å². The predicted molar refractivity (Wildman–Crippen MR) is 123 cm³/mol. The molecule has 0 saturated heterocycles. The molecule has 1 amide bonds. The minimum Gasteiger partial charge on any atom is -0.383 e. The Labute approximate surface area is 192 Å². The highest BCUT2D eigenvalue weighted by molar-refractivity contribution is 7.89. The third kappa shape index (κ3) is 6.20. The van der Waals surface area contributed by atoms with Crippen LogP contribution in [0.3, 0.4) is 0 Å². The zero-order valence-electron chi connectivity index (χ0n) is 17.3. The summed E-state index contributed by atoms with van der Waals surface area (Å²) < 4.78 is 32.4. The number of halogens is 1. The van der Waals surface area contributed by atoms with E-state index in [4.69, 9.17) is 10.5 Å². The SMILES string of the molecule is COC[C@@H](C)NS(=O)(=O)c1ccc(-c2cnc(N)c(C(=O)Nc3cccnc3)n2)cc1.Cl. The maximum absolute atomic E-state index is 12.5. The molecule has 10 nitrogen and oxygen atoms in total. The second-order valence-corrected chi connectivity index (χ2v) is 8.40. The minimum atomic E-state index is -3.70. The number of carbonyl (C=O) groups excluding carboxylic acids is 1. The van der Waals surface area contributed by atoms with Crippen LogP contribution in [0.2, 0.25) is 0 Å². The maximum Gasteiger partial charge on any atom is 0.278 e. The van der Waals surface area contributed by atoms with Crippen molar-refractivity contribution in [1.29, 1.82) is 0 Å². The average Bonchev–Trinajstić information content (AvgIpc) is 2.74. The van der Waals surface area contributed by atoms with Gasteiger partial charge in [0.1, 0.15) is 0 Å². The van der Waals surface area contributed by atoms with Crippen LogP contribution in [0.5, 0.6) is 0 Å². The van der Waals surface area contributed by atoms with E-state index in [1.165, 1.54) is 31.6 Å². The van der Waals surface area contributed by atoms with E-state index >= 15 is 0 Å². The van der Waals surface area contributed by atoms with Gasteiger partial charge in [0.25, 0.3) is 5.91 Å². The van der Waals surface area contributed by atoms with Crippen molar-refractivity contribution in [3.8, 4) is 11.3 Å². The molecule has 0 aliphatic heterocycles. The summed E-state index contributed by atoms with van der Waals surface area (Å²) in [6, 6.07) is 9.05. The van der Waals surface area contributed by atoms with Gasteiger partial charge in [-0.1, -0.05) is 12.1 Å². The molecule has 0 bridgehead atoms. The molecule has 3 rings (SSSR count). The Morgan fingerprint density at radius 2 is 1.91 bits per heavy atom. The molecule has 32 heavy (non-hydrogen) atoms. The van der Waals surface area contributed by atoms with Crippen molar-refractivity contribution >= 4 is 39.8 Å². The van der Waals surface area contributed by atoms with Crippen LogP contribution < -0.4 is 15.8 Å². The predicted octanol–water partition coefficient (Wildman–Crippen LogP) is 2.11. The van der Waals surface area contributed by atoms with E-state index in [1.807, 2.05) is 0 Å². The molecule has 0 radical (unpaired) electrons. The van der Waals surface area contributed by atoms with E-state index in [1.54, 1.807) is 37.4 Å². The molecule has 1 atom stereocenters. The number of sulfonamides is 1. The summed E-state index contributed by atoms with van der Waals surface area (Å²) in [5, 5.41) is 2.65. The van der Waals surface area contributed by atoms with Gasteiger partial charge in [-0.25, -0.2) is 23.1 Å². The van der Waals surface area contributed by atoms with Crippen LogP contribution in [0.25, 0.3) is 11.3 Å². The Kier molecular flexibility index (Phi) is 8.61. The van der Waals surface area contributed by atoms with Gasteiger partial charge in [-0.15, -0.1) is 12.4 Å². The highest BCUT2D eigenvalue weighted by atomic mass is 35.5. The van der Waals surface area contributed by atoms with E-state index in [0.717, 1.165) is 0 Å². The molecular weight excluding hydrogens is 456 g/mol. The Bertz CT molecular complexity index is 1160. The number of pyridine rings is 1. The second kappa shape index (κ2) is 11.0. The molecule has 0 spiro atoms. The number of amides is 1. The van der Waals surface area contributed by atoms with Crippen molar-refractivity contribution in [2.24, 2.45) is 0 Å². The zero-order chi connectivity index (χ0) is 22.4. The van der Waals surface area contributed by atoms with E-state index < -0.39 is 15.9 Å². The lowest BCUT2D eigenvalue weighted by atomic mass is 10.1. The van der Waals surface area contributed by atoms with Gasteiger partial charge in [-0.2, -0.15) is 0 Å². The van der Waals surface area contributed by atoms with Crippen LogP contribution in [-0.2, 0) is 14.8 Å². The fourth-order valence-electron chi connectivity index (χ4n) is 2.75. The van der Waals surface area contributed by atoms with Crippen molar-refractivity contribution in [3.05, 3.63) is 60.7 Å². The first kappa shape index (κ1) is 25.1. The zero-order valence-corrected chi connectivity index (χ0v) is 19.0. The Hall–Kier alpha value is -3.12. The highest BCUT2D eigenvalue weighted by Crippen LogP contribution is 2.21. The van der Waals surface area contributed by atoms with Crippen molar-refractivity contribution in [3.63, 3.8) is 0 Å². The second-order valence-electron chi connectivity index (χ2n) is 6.69. The Morgan fingerprint density at radius 3 is 2.53 bits per heavy atom. The normalized spacial score (nSPS) is 11.9. The molecule has 1 aromatic carbocycles. The van der Waals surface area contributed by atoms with E-state index in [2.05, 4.69) is 25.0 Å². The van der Waals surface area contributed by atoms with Gasteiger partial charge in [0.15, 0.2) is 11.5 Å². The molecule has 2 aromatic heterocycles. The van der Waals surface area contributed by atoms with Crippen LogP contribution in [0.1, 0.15) is 17.4 Å². The lowest BCUT2D eigenvalue weighted by Crippen LogP contribution is -2.35. The number of hydrogen-bond donors (Lipinski definition) is 3. The number of rotatable bonds is 8. The van der Waals surface area contributed by atoms with E-state index in [9.17, 15) is 13.2 Å². The molecule has 0 unspecified atom stereocenters. The summed E-state index contributed by atoms with van der Waals surface area (Å²) in [6.07, 6.45) is 4.49. The number of carbonyl (C=O) groups is 1. The van der Waals surface area contributed by atoms with Crippen molar-refractivity contribution in [2.75, 3.05) is 24.8 Å². The number of anilines is 2. The first-order chi connectivity index (χ1) is 14.8. The number of nitrogens with zero attached hydrogens (tertiary/aromatic N) is 3. The summed E-state index contributed by atoms with van der Waals surface area (Å²) in [5.41, 5.74) is 7.21. The summed E-state index contributed by atoms with van der Waals surface area (Å²) in [5.74, 6) is -0.559. The fraction of sp³-hybridized carbons (Fsp3) is 0.200. The number of benzene rings is 1. The van der Waals surface area contributed by atoms with Gasteiger partial charge in [-0.05, 0) is 31.2 Å². The summed E-state index contributed by atoms with van der Waals surface area (Å²) in [7, 11) is -2.20. The first-order valence-corrected chi connectivity index (χ1v) is 10.7. The first-order valence-electron chi connectivity index (χ1n) is 9.26. The van der Waals surface area contributed by atoms with Crippen molar-refractivity contribution in [1.82, 2.24) is 19.7 Å². The molecule has 3 aromatic rings. The number of ether oxygens (including phenoxy) is 1. The molecule has 0 saturated carbocycles. The molecule has 0 aliphatic carbocycles. The van der Waals surface area contributed by atoms with Gasteiger partial charge in [-0.3, -0.25) is 9.78 Å². The monoisotopic (exact) mass is 478 g/mol.